The summed E-state index contributed by atoms with van der Waals surface area (Å²) in [6.07, 6.45) is 2.39. The predicted octanol–water partition coefficient (Wildman–Crippen LogP) is 0.605. The van der Waals surface area contributed by atoms with Gasteiger partial charge in [0.1, 0.15) is 0 Å². The fourth-order valence-electron chi connectivity index (χ4n) is 1.18. The van der Waals surface area contributed by atoms with Gasteiger partial charge in [0.25, 0.3) is 0 Å². The molecule has 4 heteroatoms. The van der Waals surface area contributed by atoms with E-state index in [0.717, 1.165) is 13.1 Å². The first-order valence-electron chi connectivity index (χ1n) is 5.69. The number of nitrogens with one attached hydrogen (secondary N) is 1. The number of hydrogen-bond donors (Lipinski definition) is 2. The zero-order valence-electron chi connectivity index (χ0n) is 10.1. The van der Waals surface area contributed by atoms with Crippen LogP contribution in [0.15, 0.2) is 0 Å². The Labute approximate surface area is 92.7 Å². The van der Waals surface area contributed by atoms with Crippen LogP contribution in [0, 0.1) is 0 Å². The van der Waals surface area contributed by atoms with Crippen LogP contribution >= 0.6 is 0 Å². The third-order valence-corrected chi connectivity index (χ3v) is 2.21. The van der Waals surface area contributed by atoms with E-state index in [4.69, 9.17) is 5.11 Å². The van der Waals surface area contributed by atoms with E-state index in [9.17, 15) is 4.79 Å². The zero-order valence-corrected chi connectivity index (χ0v) is 10.1. The van der Waals surface area contributed by atoms with E-state index in [-0.39, 0.29) is 5.91 Å². The van der Waals surface area contributed by atoms with Crippen molar-refractivity contribution in [1.82, 2.24) is 10.2 Å². The van der Waals surface area contributed by atoms with E-state index < -0.39 is 6.10 Å². The smallest absolute Gasteiger partial charge is 0.221 e. The minimum Gasteiger partial charge on any atom is -0.392 e. The highest BCUT2D eigenvalue weighted by atomic mass is 16.3. The number of unbranched alkanes of at least 4 members (excludes halogenated alkanes) is 1. The molecule has 0 fully saturated rings. The van der Waals surface area contributed by atoms with Crippen molar-refractivity contribution in [1.29, 1.82) is 0 Å². The molecule has 4 nitrogen and oxygen atoms in total. The lowest BCUT2D eigenvalue weighted by atomic mass is 10.3. The predicted molar refractivity (Wildman–Crippen MR) is 61.7 cm³/mol. The van der Waals surface area contributed by atoms with Gasteiger partial charge < -0.3 is 15.3 Å². The van der Waals surface area contributed by atoms with Gasteiger partial charge in [0.15, 0.2) is 0 Å². The van der Waals surface area contributed by atoms with Gasteiger partial charge >= 0.3 is 0 Å². The molecule has 0 aliphatic heterocycles. The third-order valence-electron chi connectivity index (χ3n) is 2.21. The van der Waals surface area contributed by atoms with Gasteiger partial charge in [0.05, 0.1) is 6.10 Å². The Morgan fingerprint density at radius 3 is 2.67 bits per heavy atom. The molecule has 0 bridgehead atoms. The lowest BCUT2D eigenvalue weighted by Gasteiger charge is -2.15. The van der Waals surface area contributed by atoms with Crippen molar-refractivity contribution in [3.05, 3.63) is 0 Å². The van der Waals surface area contributed by atoms with Crippen molar-refractivity contribution in [3.63, 3.8) is 0 Å². The lowest BCUT2D eigenvalue weighted by molar-refractivity contribution is -0.121. The third kappa shape index (κ3) is 9.69. The summed E-state index contributed by atoms with van der Waals surface area (Å²) in [5.74, 6) is 0.0132. The zero-order chi connectivity index (χ0) is 11.7. The highest BCUT2D eigenvalue weighted by Gasteiger charge is 2.04. The maximum absolute atomic E-state index is 11.3. The van der Waals surface area contributed by atoms with Crippen LogP contribution in [-0.4, -0.2) is 48.7 Å². The molecule has 0 aromatic carbocycles. The molecular formula is C11H24N2O2. The number of rotatable bonds is 8. The average molecular weight is 216 g/mol. The summed E-state index contributed by atoms with van der Waals surface area (Å²) in [4.78, 5) is 13.4. The van der Waals surface area contributed by atoms with E-state index in [2.05, 4.69) is 17.1 Å². The Kier molecular flexibility index (Phi) is 8.33. The first-order valence-corrected chi connectivity index (χ1v) is 5.69. The molecule has 0 heterocycles. The second kappa shape index (κ2) is 8.68. The molecule has 0 spiro atoms. The molecule has 1 amide bonds. The Balaban J connectivity index is 3.44. The topological polar surface area (TPSA) is 52.6 Å². The summed E-state index contributed by atoms with van der Waals surface area (Å²) < 4.78 is 0. The van der Waals surface area contributed by atoms with Crippen LogP contribution < -0.4 is 5.32 Å². The number of amides is 1. The number of carbonyl (C=O) groups is 1. The summed E-state index contributed by atoms with van der Waals surface area (Å²) in [6, 6.07) is 0. The second-order valence-corrected chi connectivity index (χ2v) is 4.06. The van der Waals surface area contributed by atoms with Crippen LogP contribution in [0.3, 0.4) is 0 Å². The largest absolute Gasteiger partial charge is 0.392 e. The van der Waals surface area contributed by atoms with Crippen LogP contribution in [0.2, 0.25) is 0 Å². The van der Waals surface area contributed by atoms with E-state index in [1.165, 1.54) is 12.8 Å². The molecule has 0 aliphatic carbocycles. The summed E-state index contributed by atoms with van der Waals surface area (Å²) >= 11 is 0. The summed E-state index contributed by atoms with van der Waals surface area (Å²) in [6.45, 7) is 5.99. The standard InChI is InChI=1S/C11H24N2O2/c1-4-5-7-13(3)8-6-11(15)12-9-10(2)14/h10,14H,4-9H2,1-3H3,(H,12,15). The number of hydrogen-bond acceptors (Lipinski definition) is 3. The molecule has 0 aromatic heterocycles. The average Bonchev–Trinajstić information content (AvgIpc) is 2.20. The molecule has 90 valence electrons. The van der Waals surface area contributed by atoms with Crippen molar-refractivity contribution in [2.45, 2.75) is 39.2 Å². The normalized spacial score (nSPS) is 12.9. The summed E-state index contributed by atoms with van der Waals surface area (Å²) in [7, 11) is 2.03. The maximum atomic E-state index is 11.3. The van der Waals surface area contributed by atoms with Gasteiger partial charge in [-0.1, -0.05) is 13.3 Å². The van der Waals surface area contributed by atoms with Crippen molar-refractivity contribution < 1.29 is 9.90 Å². The fourth-order valence-corrected chi connectivity index (χ4v) is 1.18. The minimum atomic E-state index is -0.466. The van der Waals surface area contributed by atoms with Gasteiger partial charge in [-0.2, -0.15) is 0 Å². The Hall–Kier alpha value is -0.610. The van der Waals surface area contributed by atoms with Crippen LogP contribution in [0.1, 0.15) is 33.1 Å². The molecule has 0 radical (unpaired) electrons. The Morgan fingerprint density at radius 2 is 2.13 bits per heavy atom. The van der Waals surface area contributed by atoms with Gasteiger partial charge in [-0.15, -0.1) is 0 Å². The molecule has 1 atom stereocenters. The van der Waals surface area contributed by atoms with Gasteiger partial charge in [-0.25, -0.2) is 0 Å². The fraction of sp³-hybridized carbons (Fsp3) is 0.909. The highest BCUT2D eigenvalue weighted by Crippen LogP contribution is 1.93. The molecule has 15 heavy (non-hydrogen) atoms. The highest BCUT2D eigenvalue weighted by molar-refractivity contribution is 5.76. The first-order chi connectivity index (χ1) is 7.06. The summed E-state index contributed by atoms with van der Waals surface area (Å²) in [5.41, 5.74) is 0. The van der Waals surface area contributed by atoms with Gasteiger partial charge in [-0.05, 0) is 26.9 Å². The van der Waals surface area contributed by atoms with Crippen LogP contribution in [0.4, 0.5) is 0 Å². The molecule has 1 unspecified atom stereocenters. The van der Waals surface area contributed by atoms with Crippen molar-refractivity contribution in [3.8, 4) is 0 Å². The molecule has 0 saturated carbocycles. The van der Waals surface area contributed by atoms with Gasteiger partial charge in [0.2, 0.25) is 5.91 Å². The van der Waals surface area contributed by atoms with Crippen molar-refractivity contribution >= 4 is 5.91 Å². The van der Waals surface area contributed by atoms with E-state index in [1.54, 1.807) is 6.92 Å². The molecule has 0 aromatic rings. The maximum Gasteiger partial charge on any atom is 0.221 e. The van der Waals surface area contributed by atoms with Crippen LogP contribution in [-0.2, 0) is 4.79 Å². The molecule has 0 saturated heterocycles. The minimum absolute atomic E-state index is 0.0132. The SMILES string of the molecule is CCCCN(C)CCC(=O)NCC(C)O. The van der Waals surface area contributed by atoms with Gasteiger partial charge in [-0.3, -0.25) is 4.79 Å². The summed E-state index contributed by atoms with van der Waals surface area (Å²) in [5, 5.41) is 11.6. The second-order valence-electron chi connectivity index (χ2n) is 4.06. The number of aliphatic hydroxyl groups excluding tert-OH is 1. The van der Waals surface area contributed by atoms with E-state index >= 15 is 0 Å². The van der Waals surface area contributed by atoms with E-state index in [0.29, 0.717) is 13.0 Å². The van der Waals surface area contributed by atoms with Crippen LogP contribution in [0.5, 0.6) is 0 Å². The number of aliphatic hydroxyl groups is 1. The molecule has 0 aliphatic rings. The Bertz CT molecular complexity index is 172. The van der Waals surface area contributed by atoms with Crippen LogP contribution in [0.25, 0.3) is 0 Å². The number of carbonyl (C=O) groups excluding carboxylic acids is 1. The molecule has 2 N–H and O–H groups in total. The first kappa shape index (κ1) is 14.4. The van der Waals surface area contributed by atoms with Crippen molar-refractivity contribution in [2.75, 3.05) is 26.7 Å². The quantitative estimate of drug-likeness (QED) is 0.625. The monoisotopic (exact) mass is 216 g/mol. The lowest BCUT2D eigenvalue weighted by Crippen LogP contribution is -2.33. The van der Waals surface area contributed by atoms with Gasteiger partial charge in [0, 0.05) is 19.5 Å². The van der Waals surface area contributed by atoms with E-state index in [1.807, 2.05) is 7.05 Å². The molecular weight excluding hydrogens is 192 g/mol. The van der Waals surface area contributed by atoms with Crippen molar-refractivity contribution in [2.24, 2.45) is 0 Å². The molecule has 0 rings (SSSR count). The number of nitrogens with zero attached hydrogens (tertiary/aromatic N) is 1. The Morgan fingerprint density at radius 1 is 1.47 bits per heavy atom.